The molecule has 0 amide bonds. The maximum Gasteiger partial charge on any atom is 0.128 e. The van der Waals surface area contributed by atoms with E-state index in [1.807, 2.05) is 37.3 Å². The average molecular weight is 205 g/mol. The Morgan fingerprint density at radius 3 is 2.93 bits per heavy atom. The minimum atomic E-state index is 0.675. The van der Waals surface area contributed by atoms with Gasteiger partial charge in [-0.1, -0.05) is 18.3 Å². The first-order chi connectivity index (χ1) is 6.81. The van der Waals surface area contributed by atoms with Crippen LogP contribution in [0.3, 0.4) is 0 Å². The van der Waals surface area contributed by atoms with Gasteiger partial charge in [-0.2, -0.15) is 0 Å². The number of hydrogen-bond donors (Lipinski definition) is 1. The van der Waals surface area contributed by atoms with Crippen LogP contribution in [0.1, 0.15) is 6.92 Å². The van der Waals surface area contributed by atoms with Gasteiger partial charge in [0.2, 0.25) is 0 Å². The molecule has 1 aromatic heterocycles. The third-order valence-electron chi connectivity index (χ3n) is 2.03. The fourth-order valence-corrected chi connectivity index (χ4v) is 1.62. The molecule has 0 unspecified atom stereocenters. The summed E-state index contributed by atoms with van der Waals surface area (Å²) in [6.45, 7) is 2.65. The van der Waals surface area contributed by atoms with Crippen molar-refractivity contribution in [3.8, 4) is 5.75 Å². The number of fused-ring (bicyclic) bond motifs is 1. The first-order valence-electron chi connectivity index (χ1n) is 4.56. The van der Waals surface area contributed by atoms with Gasteiger partial charge < -0.3 is 9.72 Å². The zero-order chi connectivity index (χ0) is 9.97. The Labute approximate surface area is 87.5 Å². The molecule has 0 aliphatic heterocycles. The van der Waals surface area contributed by atoms with Crippen LogP contribution in [0.15, 0.2) is 30.3 Å². The van der Waals surface area contributed by atoms with Crippen LogP contribution in [0.25, 0.3) is 10.9 Å². The number of aromatic nitrogens is 1. The molecular weight excluding hydrogens is 194 g/mol. The van der Waals surface area contributed by atoms with E-state index >= 15 is 0 Å². The van der Waals surface area contributed by atoms with Crippen LogP contribution in [-0.4, -0.2) is 11.6 Å². The summed E-state index contributed by atoms with van der Waals surface area (Å²) in [5.41, 5.74) is 1.02. The molecule has 1 aromatic carbocycles. The molecule has 0 aliphatic rings. The molecule has 2 aromatic rings. The van der Waals surface area contributed by atoms with Crippen molar-refractivity contribution in [3.63, 3.8) is 0 Å². The van der Waals surface area contributed by atoms with Gasteiger partial charge in [-0.05, 0) is 31.2 Å². The Bertz CT molecular complexity index is 504. The van der Waals surface area contributed by atoms with E-state index in [1.165, 1.54) is 0 Å². The number of nitrogens with one attached hydrogen (secondary N) is 1. The van der Waals surface area contributed by atoms with Crippen LogP contribution in [-0.2, 0) is 0 Å². The number of pyridine rings is 1. The summed E-state index contributed by atoms with van der Waals surface area (Å²) in [5.74, 6) is 0.899. The summed E-state index contributed by atoms with van der Waals surface area (Å²) in [6.07, 6.45) is 0. The van der Waals surface area contributed by atoms with Crippen molar-refractivity contribution in [3.05, 3.63) is 35.0 Å². The van der Waals surface area contributed by atoms with Crippen molar-refractivity contribution in [2.24, 2.45) is 0 Å². The molecule has 0 radical (unpaired) electrons. The zero-order valence-corrected chi connectivity index (χ0v) is 8.73. The Hall–Kier alpha value is -1.35. The van der Waals surface area contributed by atoms with E-state index in [9.17, 15) is 0 Å². The van der Waals surface area contributed by atoms with Gasteiger partial charge in [-0.25, -0.2) is 0 Å². The second-order valence-electron chi connectivity index (χ2n) is 2.97. The summed E-state index contributed by atoms with van der Waals surface area (Å²) in [5, 5.41) is 1.07. The van der Waals surface area contributed by atoms with Crippen molar-refractivity contribution in [1.29, 1.82) is 0 Å². The molecule has 0 spiro atoms. The molecule has 0 atom stereocenters. The number of hydrogen-bond acceptors (Lipinski definition) is 2. The predicted molar refractivity (Wildman–Crippen MR) is 60.3 cm³/mol. The number of rotatable bonds is 2. The molecule has 2 rings (SSSR count). The van der Waals surface area contributed by atoms with Crippen LogP contribution in [0.5, 0.6) is 5.75 Å². The molecule has 0 fully saturated rings. The molecule has 72 valence electrons. The van der Waals surface area contributed by atoms with Gasteiger partial charge in [0.15, 0.2) is 0 Å². The fraction of sp³-hybridized carbons (Fsp3) is 0.182. The van der Waals surface area contributed by atoms with Gasteiger partial charge in [-0.3, -0.25) is 0 Å². The summed E-state index contributed by atoms with van der Waals surface area (Å²) in [4.78, 5) is 3.12. The van der Waals surface area contributed by atoms with E-state index in [1.54, 1.807) is 0 Å². The van der Waals surface area contributed by atoms with E-state index in [2.05, 4.69) is 4.98 Å². The SMILES string of the molecule is CCOc1cccc2[nH]c(=S)ccc12. The maximum absolute atomic E-state index is 5.50. The Kier molecular flexibility index (Phi) is 2.50. The van der Waals surface area contributed by atoms with Crippen LogP contribution >= 0.6 is 12.2 Å². The van der Waals surface area contributed by atoms with Gasteiger partial charge in [-0.15, -0.1) is 0 Å². The lowest BCUT2D eigenvalue weighted by Crippen LogP contribution is -1.92. The fourth-order valence-electron chi connectivity index (χ4n) is 1.44. The van der Waals surface area contributed by atoms with Gasteiger partial charge in [0, 0.05) is 5.39 Å². The molecule has 1 N–H and O–H groups in total. The highest BCUT2D eigenvalue weighted by atomic mass is 32.1. The van der Waals surface area contributed by atoms with Crippen molar-refractivity contribution >= 4 is 23.1 Å². The monoisotopic (exact) mass is 205 g/mol. The molecule has 0 saturated heterocycles. The van der Waals surface area contributed by atoms with E-state index in [4.69, 9.17) is 17.0 Å². The first kappa shape index (κ1) is 9.21. The van der Waals surface area contributed by atoms with Gasteiger partial charge in [0.05, 0.1) is 12.1 Å². The van der Waals surface area contributed by atoms with E-state index in [0.29, 0.717) is 6.61 Å². The Morgan fingerprint density at radius 2 is 2.14 bits per heavy atom. The zero-order valence-electron chi connectivity index (χ0n) is 7.91. The topological polar surface area (TPSA) is 25.0 Å². The lowest BCUT2D eigenvalue weighted by Gasteiger charge is -2.06. The van der Waals surface area contributed by atoms with Crippen molar-refractivity contribution < 1.29 is 4.74 Å². The number of ether oxygens (including phenoxy) is 1. The van der Waals surface area contributed by atoms with Crippen LogP contribution in [0.4, 0.5) is 0 Å². The molecule has 14 heavy (non-hydrogen) atoms. The van der Waals surface area contributed by atoms with E-state index in [0.717, 1.165) is 21.3 Å². The van der Waals surface area contributed by atoms with Crippen LogP contribution < -0.4 is 4.74 Å². The molecule has 1 heterocycles. The second-order valence-corrected chi connectivity index (χ2v) is 3.41. The predicted octanol–water partition coefficient (Wildman–Crippen LogP) is 3.30. The van der Waals surface area contributed by atoms with Crippen LogP contribution in [0.2, 0.25) is 0 Å². The lowest BCUT2D eigenvalue weighted by atomic mass is 10.2. The molecule has 0 aliphatic carbocycles. The minimum absolute atomic E-state index is 0.675. The van der Waals surface area contributed by atoms with Gasteiger partial charge in [0.1, 0.15) is 10.4 Å². The quantitative estimate of drug-likeness (QED) is 0.761. The normalized spacial score (nSPS) is 10.4. The third-order valence-corrected chi connectivity index (χ3v) is 2.26. The summed E-state index contributed by atoms with van der Waals surface area (Å²) >= 11 is 5.05. The standard InChI is InChI=1S/C11H11NOS/c1-2-13-10-5-3-4-9-8(10)6-7-11(14)12-9/h3-7H,2H2,1H3,(H,12,14). The maximum atomic E-state index is 5.50. The smallest absolute Gasteiger partial charge is 0.128 e. The average Bonchev–Trinajstić information content (AvgIpc) is 2.18. The third kappa shape index (κ3) is 1.63. The van der Waals surface area contributed by atoms with Crippen LogP contribution in [0, 0.1) is 4.64 Å². The molecule has 2 nitrogen and oxygen atoms in total. The Balaban J connectivity index is 2.68. The molecule has 0 bridgehead atoms. The van der Waals surface area contributed by atoms with Gasteiger partial charge >= 0.3 is 0 Å². The molecular formula is C11H11NOS. The highest BCUT2D eigenvalue weighted by Gasteiger charge is 1.99. The summed E-state index contributed by atoms with van der Waals surface area (Å²) in [7, 11) is 0. The highest BCUT2D eigenvalue weighted by Crippen LogP contribution is 2.23. The minimum Gasteiger partial charge on any atom is -0.493 e. The second kappa shape index (κ2) is 3.80. The van der Waals surface area contributed by atoms with Crippen molar-refractivity contribution in [2.75, 3.05) is 6.61 Å². The summed E-state index contributed by atoms with van der Waals surface area (Å²) < 4.78 is 6.25. The lowest BCUT2D eigenvalue weighted by molar-refractivity contribution is 0.344. The largest absolute Gasteiger partial charge is 0.493 e. The van der Waals surface area contributed by atoms with Crippen molar-refractivity contribution in [2.45, 2.75) is 6.92 Å². The molecule has 3 heteroatoms. The number of aromatic amines is 1. The van der Waals surface area contributed by atoms with E-state index in [-0.39, 0.29) is 0 Å². The van der Waals surface area contributed by atoms with Gasteiger partial charge in [0.25, 0.3) is 0 Å². The van der Waals surface area contributed by atoms with Crippen molar-refractivity contribution in [1.82, 2.24) is 4.98 Å². The first-order valence-corrected chi connectivity index (χ1v) is 4.97. The molecule has 0 saturated carbocycles. The van der Waals surface area contributed by atoms with E-state index < -0.39 is 0 Å². The number of benzene rings is 1. The number of H-pyrrole nitrogens is 1. The highest BCUT2D eigenvalue weighted by molar-refractivity contribution is 7.71. The Morgan fingerprint density at radius 1 is 1.29 bits per heavy atom. The summed E-state index contributed by atoms with van der Waals surface area (Å²) in [6, 6.07) is 9.77.